The van der Waals surface area contributed by atoms with Gasteiger partial charge in [0.05, 0.1) is 0 Å². The van der Waals surface area contributed by atoms with Crippen LogP contribution < -0.4 is 0 Å². The second kappa shape index (κ2) is 6.91. The van der Waals surface area contributed by atoms with E-state index in [4.69, 9.17) is 4.42 Å². The predicted molar refractivity (Wildman–Crippen MR) is 140 cm³/mol. The van der Waals surface area contributed by atoms with Gasteiger partial charge in [-0.1, -0.05) is 80.6 Å². The third-order valence-electron chi connectivity index (χ3n) is 7.37. The fraction of sp³-hybridized carbons (Fsp3) is 0.0938. The van der Waals surface area contributed by atoms with Gasteiger partial charge in [0.2, 0.25) is 0 Å². The molecule has 2 heterocycles. The molecule has 2 aromatic heterocycles. The summed E-state index contributed by atoms with van der Waals surface area (Å²) in [5.41, 5.74) is 11.8. The molecule has 0 spiro atoms. The molecule has 34 heavy (non-hydrogen) atoms. The molecule has 7 rings (SSSR count). The van der Waals surface area contributed by atoms with Gasteiger partial charge >= 0.3 is 0 Å². The van der Waals surface area contributed by atoms with E-state index < -0.39 is 0 Å². The van der Waals surface area contributed by atoms with Crippen molar-refractivity contribution in [1.29, 1.82) is 0 Å². The number of fused-ring (bicyclic) bond motifs is 7. The van der Waals surface area contributed by atoms with Gasteiger partial charge in [-0.05, 0) is 63.2 Å². The highest BCUT2D eigenvalue weighted by molar-refractivity contribution is 6.15. The molecule has 162 valence electrons. The number of hydrogen-bond acceptors (Lipinski definition) is 2. The molecule has 0 atom stereocenters. The Balaban J connectivity index is 1.54. The number of furan rings is 1. The second-order valence-electron chi connectivity index (χ2n) is 9.63. The molecule has 0 aliphatic heterocycles. The maximum atomic E-state index is 6.56. The molecule has 0 saturated carbocycles. The van der Waals surface area contributed by atoms with Crippen molar-refractivity contribution in [2.24, 2.45) is 0 Å². The Morgan fingerprint density at radius 3 is 2.15 bits per heavy atom. The fourth-order valence-corrected chi connectivity index (χ4v) is 5.76. The van der Waals surface area contributed by atoms with Crippen LogP contribution in [0.2, 0.25) is 0 Å². The van der Waals surface area contributed by atoms with Crippen molar-refractivity contribution in [2.75, 3.05) is 0 Å². The van der Waals surface area contributed by atoms with E-state index in [1.165, 1.54) is 44.2 Å². The average Bonchev–Trinajstić information content (AvgIpc) is 3.37. The summed E-state index contributed by atoms with van der Waals surface area (Å²) in [4.78, 5) is 4.14. The van der Waals surface area contributed by atoms with Gasteiger partial charge < -0.3 is 4.42 Å². The monoisotopic (exact) mass is 437 g/mol. The lowest BCUT2D eigenvalue weighted by Gasteiger charge is -2.22. The van der Waals surface area contributed by atoms with Gasteiger partial charge in [0.1, 0.15) is 11.2 Å². The van der Waals surface area contributed by atoms with Crippen molar-refractivity contribution in [3.05, 3.63) is 115 Å². The fourth-order valence-electron chi connectivity index (χ4n) is 5.76. The second-order valence-corrected chi connectivity index (χ2v) is 9.63. The van der Waals surface area contributed by atoms with Crippen LogP contribution in [0.4, 0.5) is 0 Å². The van der Waals surface area contributed by atoms with Crippen LogP contribution in [0.1, 0.15) is 25.0 Å². The minimum atomic E-state index is -0.0967. The maximum Gasteiger partial charge on any atom is 0.143 e. The van der Waals surface area contributed by atoms with Gasteiger partial charge in [-0.15, -0.1) is 0 Å². The van der Waals surface area contributed by atoms with Crippen LogP contribution in [0.3, 0.4) is 0 Å². The van der Waals surface area contributed by atoms with Crippen molar-refractivity contribution in [2.45, 2.75) is 19.3 Å². The molecule has 1 aliphatic carbocycles. The lowest BCUT2D eigenvalue weighted by molar-refractivity contribution is 0.657. The zero-order valence-electron chi connectivity index (χ0n) is 19.2. The topological polar surface area (TPSA) is 26.0 Å². The quantitative estimate of drug-likeness (QED) is 0.271. The van der Waals surface area contributed by atoms with E-state index >= 15 is 0 Å². The molecule has 6 aromatic rings. The van der Waals surface area contributed by atoms with Gasteiger partial charge in [0.15, 0.2) is 0 Å². The lowest BCUT2D eigenvalue weighted by atomic mass is 9.80. The van der Waals surface area contributed by atoms with Crippen LogP contribution in [0.5, 0.6) is 0 Å². The summed E-state index contributed by atoms with van der Waals surface area (Å²) in [5, 5.41) is 2.42. The summed E-state index contributed by atoms with van der Waals surface area (Å²) in [5.74, 6) is 0. The van der Waals surface area contributed by atoms with Crippen molar-refractivity contribution < 1.29 is 4.42 Å². The normalized spacial score (nSPS) is 13.8. The largest absolute Gasteiger partial charge is 0.455 e. The summed E-state index contributed by atoms with van der Waals surface area (Å²) in [7, 11) is 0. The molecule has 4 aromatic carbocycles. The van der Waals surface area contributed by atoms with E-state index in [0.717, 1.165) is 22.3 Å². The van der Waals surface area contributed by atoms with Crippen LogP contribution in [0.15, 0.2) is 108 Å². The zero-order chi connectivity index (χ0) is 22.9. The Labute approximate surface area is 198 Å². The number of nitrogens with zero attached hydrogens (tertiary/aromatic N) is 1. The average molecular weight is 438 g/mol. The minimum absolute atomic E-state index is 0.0967. The molecular formula is C32H23NO. The summed E-state index contributed by atoms with van der Waals surface area (Å²) in [6.07, 6.45) is 3.67. The third-order valence-corrected chi connectivity index (χ3v) is 7.37. The van der Waals surface area contributed by atoms with E-state index in [-0.39, 0.29) is 5.41 Å². The highest BCUT2D eigenvalue weighted by atomic mass is 16.3. The molecule has 0 amide bonds. The van der Waals surface area contributed by atoms with Crippen molar-refractivity contribution in [3.63, 3.8) is 0 Å². The van der Waals surface area contributed by atoms with Crippen LogP contribution in [-0.2, 0) is 5.41 Å². The molecule has 0 unspecified atom stereocenters. The first-order valence-corrected chi connectivity index (χ1v) is 11.7. The number of hydrogen-bond donors (Lipinski definition) is 0. The Morgan fingerprint density at radius 1 is 0.647 bits per heavy atom. The number of pyridine rings is 1. The number of benzene rings is 4. The van der Waals surface area contributed by atoms with Gasteiger partial charge in [0, 0.05) is 34.1 Å². The zero-order valence-corrected chi connectivity index (χ0v) is 19.2. The molecule has 0 saturated heterocycles. The molecule has 2 nitrogen and oxygen atoms in total. The van der Waals surface area contributed by atoms with E-state index in [9.17, 15) is 0 Å². The van der Waals surface area contributed by atoms with Gasteiger partial charge in [-0.2, -0.15) is 0 Å². The molecule has 0 N–H and O–H groups in total. The van der Waals surface area contributed by atoms with Gasteiger partial charge in [0.25, 0.3) is 0 Å². The van der Waals surface area contributed by atoms with E-state index in [1.807, 2.05) is 30.6 Å². The summed E-state index contributed by atoms with van der Waals surface area (Å²) in [6.45, 7) is 4.67. The highest BCUT2D eigenvalue weighted by Crippen LogP contribution is 2.54. The van der Waals surface area contributed by atoms with E-state index in [2.05, 4.69) is 91.6 Å². The number of aromatic nitrogens is 1. The smallest absolute Gasteiger partial charge is 0.143 e. The molecular weight excluding hydrogens is 414 g/mol. The first kappa shape index (κ1) is 19.3. The van der Waals surface area contributed by atoms with E-state index in [0.29, 0.717) is 0 Å². The standard InChI is InChI=1S/C32H23NO/c1-32(2)27-9-5-3-7-23(27)26-19-25(22-13-11-20(12-14-22)21-15-17-33-18-16-21)31-29(30(26)32)24-8-4-6-10-28(24)34-31/h3-19H,1-2H3. The van der Waals surface area contributed by atoms with Gasteiger partial charge in [-0.3, -0.25) is 4.98 Å². The maximum absolute atomic E-state index is 6.56. The van der Waals surface area contributed by atoms with Gasteiger partial charge in [-0.25, -0.2) is 0 Å². The Morgan fingerprint density at radius 2 is 1.32 bits per heavy atom. The summed E-state index contributed by atoms with van der Waals surface area (Å²) < 4.78 is 6.56. The Bertz CT molecular complexity index is 1710. The first-order chi connectivity index (χ1) is 16.6. The van der Waals surface area contributed by atoms with Crippen molar-refractivity contribution >= 4 is 21.9 Å². The SMILES string of the molecule is CC1(C)c2ccccc2-c2cc(-c3ccc(-c4ccncc4)cc3)c3oc4ccccc4c3c21. The molecule has 0 radical (unpaired) electrons. The summed E-state index contributed by atoms with van der Waals surface area (Å²) >= 11 is 0. The number of para-hydroxylation sites is 1. The number of rotatable bonds is 2. The Hall–Kier alpha value is -4.17. The minimum Gasteiger partial charge on any atom is -0.455 e. The molecule has 2 heteroatoms. The molecule has 0 bridgehead atoms. The van der Waals surface area contributed by atoms with Crippen LogP contribution in [0.25, 0.3) is 55.3 Å². The van der Waals surface area contributed by atoms with Crippen LogP contribution in [0, 0.1) is 0 Å². The predicted octanol–water partition coefficient (Wildman–Crippen LogP) is 8.62. The van der Waals surface area contributed by atoms with Crippen molar-refractivity contribution in [1.82, 2.24) is 4.98 Å². The third kappa shape index (κ3) is 2.60. The van der Waals surface area contributed by atoms with E-state index in [1.54, 1.807) is 0 Å². The summed E-state index contributed by atoms with van der Waals surface area (Å²) in [6, 6.07) is 32.4. The lowest BCUT2D eigenvalue weighted by Crippen LogP contribution is -2.15. The van der Waals surface area contributed by atoms with Crippen LogP contribution >= 0.6 is 0 Å². The Kier molecular flexibility index (Phi) is 3.93. The van der Waals surface area contributed by atoms with Crippen LogP contribution in [-0.4, -0.2) is 4.98 Å². The van der Waals surface area contributed by atoms with Crippen molar-refractivity contribution in [3.8, 4) is 33.4 Å². The first-order valence-electron chi connectivity index (χ1n) is 11.7. The molecule has 1 aliphatic rings. The molecule has 0 fully saturated rings. The highest BCUT2D eigenvalue weighted by Gasteiger charge is 2.38.